The molecular weight excluding hydrogens is 848 g/mol. The molecule has 2 N–H and O–H groups in total. The molecule has 0 aromatic heterocycles. The highest BCUT2D eigenvalue weighted by atomic mass is 19.4. The van der Waals surface area contributed by atoms with Crippen LogP contribution in [0, 0.1) is 45.3 Å². The molecule has 0 fully saturated rings. The van der Waals surface area contributed by atoms with Gasteiger partial charge in [0, 0.05) is 0 Å². The van der Waals surface area contributed by atoms with Crippen molar-refractivity contribution >= 4 is 11.4 Å². The summed E-state index contributed by atoms with van der Waals surface area (Å²) in [7, 11) is 0. The fraction of sp³-hybridized carbons (Fsp3) is 0.0952. The van der Waals surface area contributed by atoms with Crippen molar-refractivity contribution in [3.63, 3.8) is 0 Å². The Labute approximate surface area is 340 Å². The van der Waals surface area contributed by atoms with E-state index < -0.39 is 104 Å². The summed E-state index contributed by atoms with van der Waals surface area (Å²) in [4.78, 5) is 0. The third-order valence-electron chi connectivity index (χ3n) is 9.47. The fourth-order valence-corrected chi connectivity index (χ4v) is 6.88. The highest BCUT2D eigenvalue weighted by Crippen LogP contribution is 2.62. The summed E-state index contributed by atoms with van der Waals surface area (Å²) in [6, 6.07) is 17.8. The Morgan fingerprint density at radius 2 is 0.742 bits per heavy atom. The number of rotatable bonds is 4. The average molecular weight is 865 g/mol. The Kier molecular flexibility index (Phi) is 10.1. The first kappa shape index (κ1) is 42.0. The number of halogens is 12. The maximum absolute atomic E-state index is 14.6. The Morgan fingerprint density at radius 3 is 1.03 bits per heavy atom. The predicted molar refractivity (Wildman–Crippen MR) is 193 cm³/mol. The van der Waals surface area contributed by atoms with Gasteiger partial charge in [0.15, 0.2) is 22.6 Å². The molecular formula is C42H16F12N6O2. The first-order chi connectivity index (χ1) is 29.1. The van der Waals surface area contributed by atoms with Crippen molar-refractivity contribution in [2.24, 2.45) is 0 Å². The van der Waals surface area contributed by atoms with E-state index in [2.05, 4.69) is 10.6 Å². The zero-order valence-electron chi connectivity index (χ0n) is 30.2. The Morgan fingerprint density at radius 1 is 0.419 bits per heavy atom. The lowest BCUT2D eigenvalue weighted by molar-refractivity contribution is -0.144. The predicted octanol–water partition coefficient (Wildman–Crippen LogP) is 12.6. The van der Waals surface area contributed by atoms with Gasteiger partial charge in [-0.2, -0.15) is 73.7 Å². The molecule has 2 aliphatic heterocycles. The quantitative estimate of drug-likeness (QED) is 0.135. The van der Waals surface area contributed by atoms with Crippen molar-refractivity contribution in [3.8, 4) is 80.3 Å². The number of anilines is 2. The molecule has 0 radical (unpaired) electrons. The van der Waals surface area contributed by atoms with Gasteiger partial charge in [-0.05, 0) is 57.6 Å². The van der Waals surface area contributed by atoms with Gasteiger partial charge in [-0.3, -0.25) is 0 Å². The van der Waals surface area contributed by atoms with Crippen LogP contribution < -0.4 is 20.1 Å². The molecule has 0 amide bonds. The van der Waals surface area contributed by atoms with Gasteiger partial charge in [-0.15, -0.1) is 0 Å². The lowest BCUT2D eigenvalue weighted by atomic mass is 9.85. The van der Waals surface area contributed by atoms with Crippen LogP contribution in [-0.4, -0.2) is 0 Å². The maximum Gasteiger partial charge on any atom is 0.417 e. The van der Waals surface area contributed by atoms with E-state index in [0.29, 0.717) is 24.3 Å². The summed E-state index contributed by atoms with van der Waals surface area (Å²) in [5.74, 6) is -2.19. The summed E-state index contributed by atoms with van der Waals surface area (Å²) in [5, 5.41) is 44.5. The summed E-state index contributed by atoms with van der Waals surface area (Å²) in [5.41, 5.74) is -12.5. The van der Waals surface area contributed by atoms with E-state index in [4.69, 9.17) is 9.47 Å². The molecule has 0 bridgehead atoms. The van der Waals surface area contributed by atoms with E-state index in [-0.39, 0.29) is 45.8 Å². The van der Waals surface area contributed by atoms with Crippen molar-refractivity contribution in [1.29, 1.82) is 21.0 Å². The molecule has 8 nitrogen and oxygen atoms in total. The topological polar surface area (TPSA) is 138 Å². The van der Waals surface area contributed by atoms with Gasteiger partial charge < -0.3 is 20.1 Å². The third kappa shape index (κ3) is 7.28. The Hall–Kier alpha value is -8.10. The van der Waals surface area contributed by atoms with Crippen molar-refractivity contribution < 1.29 is 62.2 Å². The lowest BCUT2D eigenvalue weighted by Crippen LogP contribution is -2.12. The molecule has 7 rings (SSSR count). The van der Waals surface area contributed by atoms with Crippen LogP contribution in [0.1, 0.15) is 22.3 Å². The number of nitrogens with zero attached hydrogens (tertiary/aromatic N) is 4. The number of nitrogens with one attached hydrogen (secondary N) is 2. The van der Waals surface area contributed by atoms with Crippen LogP contribution >= 0.6 is 0 Å². The van der Waals surface area contributed by atoms with Crippen LogP contribution in [0.3, 0.4) is 0 Å². The monoisotopic (exact) mass is 864 g/mol. The lowest BCUT2D eigenvalue weighted by Gasteiger charge is -2.22. The van der Waals surface area contributed by atoms with Gasteiger partial charge in [-0.25, -0.2) is 0 Å². The minimum absolute atomic E-state index is 0.100. The second-order valence-corrected chi connectivity index (χ2v) is 13.1. The molecule has 62 heavy (non-hydrogen) atoms. The number of alkyl halides is 12. The van der Waals surface area contributed by atoms with Gasteiger partial charge in [0.1, 0.15) is 24.3 Å². The Balaban J connectivity index is 1.63. The zero-order chi connectivity index (χ0) is 45.1. The minimum Gasteiger partial charge on any atom is -0.436 e. The van der Waals surface area contributed by atoms with E-state index in [1.807, 2.05) is 0 Å². The SMILES string of the molecule is N#CC(C#N)=C1Nc2c(c(-c3ccccc3-c3ccc(C(F)(F)F)cc3C(F)(F)F)c3c(c2-c2ccccc2-c2ccc(C(F)(F)F)cc2C(F)(F)F)OC(=C(C#N)C#N)N3)O1. The summed E-state index contributed by atoms with van der Waals surface area (Å²) < 4.78 is 182. The van der Waals surface area contributed by atoms with Crippen LogP contribution in [0.2, 0.25) is 0 Å². The van der Waals surface area contributed by atoms with E-state index in [0.717, 1.165) is 12.1 Å². The third-order valence-corrected chi connectivity index (χ3v) is 9.47. The van der Waals surface area contributed by atoms with Gasteiger partial charge in [0.2, 0.25) is 11.8 Å². The summed E-state index contributed by atoms with van der Waals surface area (Å²) in [6.07, 6.45) is -21.2. The standard InChI is InChI=1S/C42H16F12N6O2/c43-39(44,45)21-9-11-25(29(13-21)41(49,50)51)23-5-1-3-7-27(23)31-33-36(62-37(59-33)19(15-55)16-56)32(34-35(31)61-38(60-34)20(17-57)18-58)28-8-4-2-6-24(28)26-12-10-22(40(46,47)48)14-30(26)42(52,53)54/h1-14,59-60H. The number of ether oxygens (including phenoxy) is 2. The molecule has 0 atom stereocenters. The molecule has 5 aromatic rings. The van der Waals surface area contributed by atoms with Crippen LogP contribution in [0.4, 0.5) is 64.1 Å². The number of benzene rings is 5. The molecule has 0 saturated heterocycles. The highest BCUT2D eigenvalue weighted by molar-refractivity contribution is 6.09. The largest absolute Gasteiger partial charge is 0.436 e. The number of hydrogen-bond donors (Lipinski definition) is 2. The number of nitriles is 4. The molecule has 2 heterocycles. The van der Waals surface area contributed by atoms with Crippen LogP contribution in [0.25, 0.3) is 44.5 Å². The first-order valence-electron chi connectivity index (χ1n) is 17.1. The molecule has 310 valence electrons. The second kappa shape index (κ2) is 14.9. The molecule has 5 aromatic carbocycles. The number of allylic oxidation sites excluding steroid dienone is 2. The number of fused-ring (bicyclic) bond motifs is 2. The normalized spacial score (nSPS) is 13.2. The second-order valence-electron chi connectivity index (χ2n) is 13.1. The highest BCUT2D eigenvalue weighted by Gasteiger charge is 2.43. The Bertz CT molecular complexity index is 2700. The van der Waals surface area contributed by atoms with Crippen LogP contribution in [0.5, 0.6) is 11.5 Å². The van der Waals surface area contributed by atoms with Crippen molar-refractivity contribution in [2.45, 2.75) is 24.7 Å². The van der Waals surface area contributed by atoms with Gasteiger partial charge in [0.05, 0.1) is 44.8 Å². The van der Waals surface area contributed by atoms with Gasteiger partial charge in [0.25, 0.3) is 0 Å². The van der Waals surface area contributed by atoms with Crippen molar-refractivity contribution in [1.82, 2.24) is 0 Å². The van der Waals surface area contributed by atoms with Crippen LogP contribution in [0.15, 0.2) is 108 Å². The first-order valence-corrected chi connectivity index (χ1v) is 17.1. The minimum atomic E-state index is -5.39. The van der Waals surface area contributed by atoms with Crippen molar-refractivity contribution in [3.05, 3.63) is 130 Å². The molecule has 0 aliphatic carbocycles. The molecule has 0 saturated carbocycles. The molecule has 0 unspecified atom stereocenters. The maximum atomic E-state index is 14.6. The fourth-order valence-electron chi connectivity index (χ4n) is 6.88. The van der Waals surface area contributed by atoms with Crippen LogP contribution in [-0.2, 0) is 24.7 Å². The molecule has 0 spiro atoms. The van der Waals surface area contributed by atoms with E-state index in [1.165, 1.54) is 36.4 Å². The van der Waals surface area contributed by atoms with E-state index in [1.54, 1.807) is 24.3 Å². The van der Waals surface area contributed by atoms with Crippen molar-refractivity contribution in [2.75, 3.05) is 10.6 Å². The molecule has 20 heteroatoms. The van der Waals surface area contributed by atoms with E-state index >= 15 is 0 Å². The summed E-state index contributed by atoms with van der Waals surface area (Å²) in [6.45, 7) is 0. The zero-order valence-corrected chi connectivity index (χ0v) is 30.2. The summed E-state index contributed by atoms with van der Waals surface area (Å²) >= 11 is 0. The van der Waals surface area contributed by atoms with Gasteiger partial charge >= 0.3 is 24.7 Å². The smallest absolute Gasteiger partial charge is 0.417 e. The van der Waals surface area contributed by atoms with Gasteiger partial charge in [-0.1, -0.05) is 60.7 Å². The van der Waals surface area contributed by atoms with E-state index in [9.17, 15) is 73.7 Å². The average Bonchev–Trinajstić information content (AvgIpc) is 3.84. The molecule has 2 aliphatic rings. The number of hydrogen-bond acceptors (Lipinski definition) is 8.